The van der Waals surface area contributed by atoms with Crippen LogP contribution in [0.4, 0.5) is 0 Å². The van der Waals surface area contributed by atoms with Gasteiger partial charge in [-0.05, 0) is 56.8 Å². The highest BCUT2D eigenvalue weighted by molar-refractivity contribution is 6.30. The molecule has 0 aliphatic carbocycles. The predicted molar refractivity (Wildman–Crippen MR) is 83.3 cm³/mol. The summed E-state index contributed by atoms with van der Waals surface area (Å²) in [5.41, 5.74) is 1.14. The van der Waals surface area contributed by atoms with Crippen molar-refractivity contribution in [2.24, 2.45) is 0 Å². The van der Waals surface area contributed by atoms with Gasteiger partial charge in [0.05, 0.1) is 6.61 Å². The van der Waals surface area contributed by atoms with Crippen molar-refractivity contribution in [2.75, 3.05) is 13.2 Å². The Bertz CT molecular complexity index is 368. The third-order valence-corrected chi connectivity index (χ3v) is 3.52. The van der Waals surface area contributed by atoms with Gasteiger partial charge in [0.1, 0.15) is 5.75 Å². The topological polar surface area (TPSA) is 21.3 Å². The van der Waals surface area contributed by atoms with Crippen LogP contribution in [0.1, 0.15) is 45.1 Å². The van der Waals surface area contributed by atoms with Crippen molar-refractivity contribution < 1.29 is 4.74 Å². The van der Waals surface area contributed by atoms with E-state index in [1.165, 1.54) is 12.8 Å². The fraction of sp³-hybridized carbons (Fsp3) is 0.625. The van der Waals surface area contributed by atoms with E-state index >= 15 is 0 Å². The zero-order chi connectivity index (χ0) is 14.1. The second-order valence-electron chi connectivity index (χ2n) is 4.96. The largest absolute Gasteiger partial charge is 0.493 e. The van der Waals surface area contributed by atoms with Gasteiger partial charge in [-0.2, -0.15) is 0 Å². The van der Waals surface area contributed by atoms with Gasteiger partial charge in [0.2, 0.25) is 0 Å². The van der Waals surface area contributed by atoms with Crippen LogP contribution in [0.2, 0.25) is 5.02 Å². The molecule has 3 heteroatoms. The van der Waals surface area contributed by atoms with Crippen LogP contribution in [0, 0.1) is 6.92 Å². The number of nitrogens with one attached hydrogen (secondary N) is 1. The number of aryl methyl sites for hydroxylation is 1. The molecule has 19 heavy (non-hydrogen) atoms. The minimum atomic E-state index is 0.615. The maximum Gasteiger partial charge on any atom is 0.123 e. The molecule has 1 N–H and O–H groups in total. The number of benzene rings is 1. The first-order chi connectivity index (χ1) is 9.17. The molecule has 1 atom stereocenters. The number of halogens is 1. The van der Waals surface area contributed by atoms with Gasteiger partial charge in [0.15, 0.2) is 0 Å². The van der Waals surface area contributed by atoms with Crippen molar-refractivity contribution in [1.29, 1.82) is 0 Å². The van der Waals surface area contributed by atoms with Crippen LogP contribution < -0.4 is 10.1 Å². The summed E-state index contributed by atoms with van der Waals surface area (Å²) in [7, 11) is 0. The van der Waals surface area contributed by atoms with Crippen LogP contribution in [0.3, 0.4) is 0 Å². The Morgan fingerprint density at radius 2 is 2.11 bits per heavy atom. The molecule has 0 amide bonds. The Morgan fingerprint density at radius 3 is 2.79 bits per heavy atom. The molecule has 0 spiro atoms. The second-order valence-corrected chi connectivity index (χ2v) is 5.40. The Hall–Kier alpha value is -0.730. The van der Waals surface area contributed by atoms with Crippen LogP contribution in [-0.2, 0) is 0 Å². The quantitative estimate of drug-likeness (QED) is 0.670. The molecule has 0 fully saturated rings. The summed E-state index contributed by atoms with van der Waals surface area (Å²) in [5, 5.41) is 4.29. The Labute approximate surface area is 122 Å². The van der Waals surface area contributed by atoms with E-state index in [-0.39, 0.29) is 0 Å². The molecule has 1 aromatic rings. The minimum absolute atomic E-state index is 0.615. The molecule has 0 bridgehead atoms. The molecular weight excluding hydrogens is 258 g/mol. The zero-order valence-corrected chi connectivity index (χ0v) is 13.1. The van der Waals surface area contributed by atoms with E-state index in [1.807, 2.05) is 25.1 Å². The molecule has 0 aliphatic rings. The standard InChI is InChI=1S/C16H26ClNO/c1-4-10-18-15(5-2)7-6-11-19-16-12-14(17)9-8-13(16)3/h8-9,12,15,18H,4-7,10-11H2,1-3H3. The normalized spacial score (nSPS) is 12.4. The second kappa shape index (κ2) is 9.22. The van der Waals surface area contributed by atoms with Crippen LogP contribution in [0.5, 0.6) is 5.75 Å². The van der Waals surface area contributed by atoms with Crippen molar-refractivity contribution in [3.05, 3.63) is 28.8 Å². The molecular formula is C16H26ClNO. The van der Waals surface area contributed by atoms with E-state index in [9.17, 15) is 0 Å². The van der Waals surface area contributed by atoms with Crippen molar-refractivity contribution in [3.63, 3.8) is 0 Å². The van der Waals surface area contributed by atoms with Crippen molar-refractivity contribution >= 4 is 11.6 Å². The molecule has 0 radical (unpaired) electrons. The summed E-state index contributed by atoms with van der Waals surface area (Å²) in [6.07, 6.45) is 4.60. The molecule has 1 rings (SSSR count). The minimum Gasteiger partial charge on any atom is -0.493 e. The van der Waals surface area contributed by atoms with Crippen LogP contribution in [0.25, 0.3) is 0 Å². The third-order valence-electron chi connectivity index (χ3n) is 3.28. The number of hydrogen-bond acceptors (Lipinski definition) is 2. The molecule has 2 nitrogen and oxygen atoms in total. The number of rotatable bonds is 9. The molecule has 0 heterocycles. The van der Waals surface area contributed by atoms with Gasteiger partial charge in [-0.25, -0.2) is 0 Å². The molecule has 108 valence electrons. The van der Waals surface area contributed by atoms with Crippen molar-refractivity contribution in [3.8, 4) is 5.75 Å². The molecule has 1 unspecified atom stereocenters. The fourth-order valence-corrected chi connectivity index (χ4v) is 2.20. The molecule has 0 aliphatic heterocycles. The van der Waals surface area contributed by atoms with Crippen molar-refractivity contribution in [1.82, 2.24) is 5.32 Å². The molecule has 1 aromatic carbocycles. The average molecular weight is 284 g/mol. The van der Waals surface area contributed by atoms with E-state index in [1.54, 1.807) is 0 Å². The van der Waals surface area contributed by atoms with Crippen LogP contribution >= 0.6 is 11.6 Å². The lowest BCUT2D eigenvalue weighted by Gasteiger charge is -2.16. The Morgan fingerprint density at radius 1 is 1.32 bits per heavy atom. The van der Waals surface area contributed by atoms with Gasteiger partial charge in [-0.1, -0.05) is 31.5 Å². The summed E-state index contributed by atoms with van der Waals surface area (Å²) >= 11 is 5.97. The lowest BCUT2D eigenvalue weighted by atomic mass is 10.1. The third kappa shape index (κ3) is 6.31. The average Bonchev–Trinajstić information content (AvgIpc) is 2.41. The highest BCUT2D eigenvalue weighted by Crippen LogP contribution is 2.22. The Kier molecular flexibility index (Phi) is 7.92. The number of hydrogen-bond donors (Lipinski definition) is 1. The zero-order valence-electron chi connectivity index (χ0n) is 12.3. The predicted octanol–water partition coefficient (Wildman–Crippen LogP) is 4.59. The molecule has 0 saturated heterocycles. The fourth-order valence-electron chi connectivity index (χ4n) is 2.04. The summed E-state index contributed by atoms with van der Waals surface area (Å²) in [5.74, 6) is 0.905. The van der Waals surface area contributed by atoms with E-state index in [0.717, 1.165) is 42.3 Å². The summed E-state index contributed by atoms with van der Waals surface area (Å²) in [6, 6.07) is 6.40. The number of ether oxygens (including phenoxy) is 1. The highest BCUT2D eigenvalue weighted by Gasteiger charge is 2.05. The van der Waals surface area contributed by atoms with Gasteiger partial charge < -0.3 is 10.1 Å². The lowest BCUT2D eigenvalue weighted by Crippen LogP contribution is -2.29. The highest BCUT2D eigenvalue weighted by atomic mass is 35.5. The van der Waals surface area contributed by atoms with E-state index in [4.69, 9.17) is 16.3 Å². The van der Waals surface area contributed by atoms with Gasteiger partial charge >= 0.3 is 0 Å². The van der Waals surface area contributed by atoms with Gasteiger partial charge in [0.25, 0.3) is 0 Å². The first-order valence-electron chi connectivity index (χ1n) is 7.29. The SMILES string of the molecule is CCCNC(CC)CCCOc1cc(Cl)ccc1C. The summed E-state index contributed by atoms with van der Waals surface area (Å²) in [4.78, 5) is 0. The van der Waals surface area contributed by atoms with Gasteiger partial charge in [0, 0.05) is 11.1 Å². The first kappa shape index (κ1) is 16.3. The van der Waals surface area contributed by atoms with Gasteiger partial charge in [-0.3, -0.25) is 0 Å². The lowest BCUT2D eigenvalue weighted by molar-refractivity contribution is 0.292. The van der Waals surface area contributed by atoms with Crippen LogP contribution in [0.15, 0.2) is 18.2 Å². The Balaban J connectivity index is 2.27. The summed E-state index contributed by atoms with van der Waals surface area (Å²) in [6.45, 7) is 8.33. The van der Waals surface area contributed by atoms with E-state index in [0.29, 0.717) is 6.04 Å². The molecule has 0 aromatic heterocycles. The van der Waals surface area contributed by atoms with E-state index in [2.05, 4.69) is 19.2 Å². The van der Waals surface area contributed by atoms with Crippen LogP contribution in [-0.4, -0.2) is 19.2 Å². The smallest absolute Gasteiger partial charge is 0.123 e. The summed E-state index contributed by atoms with van der Waals surface area (Å²) < 4.78 is 5.80. The van der Waals surface area contributed by atoms with Gasteiger partial charge in [-0.15, -0.1) is 0 Å². The van der Waals surface area contributed by atoms with Crippen molar-refractivity contribution in [2.45, 2.75) is 52.5 Å². The monoisotopic (exact) mass is 283 g/mol. The maximum absolute atomic E-state index is 5.97. The maximum atomic E-state index is 5.97. The van der Waals surface area contributed by atoms with E-state index < -0.39 is 0 Å². The first-order valence-corrected chi connectivity index (χ1v) is 7.67. The molecule has 0 saturated carbocycles.